The predicted molar refractivity (Wildman–Crippen MR) is 58.1 cm³/mol. The van der Waals surface area contributed by atoms with Crippen LogP contribution in [0, 0.1) is 5.41 Å². The summed E-state index contributed by atoms with van der Waals surface area (Å²) in [4.78, 5) is 3.97. The van der Waals surface area contributed by atoms with Crippen molar-refractivity contribution in [1.29, 1.82) is 0 Å². The van der Waals surface area contributed by atoms with Crippen molar-refractivity contribution >= 4 is 0 Å². The molecule has 0 saturated heterocycles. The lowest BCUT2D eigenvalue weighted by Gasteiger charge is -2.31. The molecule has 0 bridgehead atoms. The molecular weight excluding hydrogens is 174 g/mol. The van der Waals surface area contributed by atoms with Gasteiger partial charge in [-0.1, -0.05) is 27.7 Å². The average Bonchev–Trinajstić information content (AvgIpc) is 2.15. The molecule has 0 amide bonds. The number of hydrogen-bond donors (Lipinski definition) is 1. The van der Waals surface area contributed by atoms with Crippen molar-refractivity contribution in [1.82, 2.24) is 4.98 Å². The van der Waals surface area contributed by atoms with Gasteiger partial charge in [0.2, 0.25) is 0 Å². The Morgan fingerprint density at radius 1 is 1.21 bits per heavy atom. The highest BCUT2D eigenvalue weighted by atomic mass is 16.3. The maximum absolute atomic E-state index is 10.1. The monoisotopic (exact) mass is 193 g/mol. The maximum Gasteiger partial charge on any atom is 0.0654 e. The van der Waals surface area contributed by atoms with E-state index in [9.17, 15) is 5.11 Å². The summed E-state index contributed by atoms with van der Waals surface area (Å²) in [6, 6.07) is 3.92. The number of aliphatic hydroxyl groups is 1. The van der Waals surface area contributed by atoms with Gasteiger partial charge in [-0.3, -0.25) is 4.98 Å². The summed E-state index contributed by atoms with van der Waals surface area (Å²) >= 11 is 0. The Labute approximate surface area is 86.0 Å². The van der Waals surface area contributed by atoms with Gasteiger partial charge in [0.05, 0.1) is 6.10 Å². The smallest absolute Gasteiger partial charge is 0.0654 e. The van der Waals surface area contributed by atoms with Gasteiger partial charge in [-0.2, -0.15) is 0 Å². The van der Waals surface area contributed by atoms with E-state index >= 15 is 0 Å². The first kappa shape index (κ1) is 11.2. The van der Waals surface area contributed by atoms with Crippen LogP contribution in [0.1, 0.15) is 39.2 Å². The van der Waals surface area contributed by atoms with Crippen molar-refractivity contribution in [2.24, 2.45) is 5.41 Å². The predicted octanol–water partition coefficient (Wildman–Crippen LogP) is 2.59. The molecule has 1 heterocycles. The molecular formula is C12H19NO. The molecule has 0 aliphatic carbocycles. The molecule has 2 nitrogen and oxygen atoms in total. The number of pyridine rings is 1. The molecule has 0 spiro atoms. The summed E-state index contributed by atoms with van der Waals surface area (Å²) < 4.78 is 0. The van der Waals surface area contributed by atoms with E-state index in [0.29, 0.717) is 0 Å². The zero-order chi connectivity index (χ0) is 10.8. The van der Waals surface area contributed by atoms with Gasteiger partial charge in [0, 0.05) is 18.3 Å². The fourth-order valence-electron chi connectivity index (χ4n) is 1.60. The number of nitrogens with zero attached hydrogens (tertiary/aromatic N) is 1. The largest absolute Gasteiger partial charge is 0.392 e. The number of aliphatic hydroxyl groups excluding tert-OH is 1. The molecule has 0 radical (unpaired) electrons. The highest BCUT2D eigenvalue weighted by Crippen LogP contribution is 2.30. The Morgan fingerprint density at radius 2 is 1.71 bits per heavy atom. The highest BCUT2D eigenvalue weighted by molar-refractivity contribution is 5.17. The van der Waals surface area contributed by atoms with Gasteiger partial charge in [0.25, 0.3) is 0 Å². The van der Waals surface area contributed by atoms with Crippen LogP contribution in [0.4, 0.5) is 0 Å². The summed E-state index contributed by atoms with van der Waals surface area (Å²) in [6.45, 7) is 8.20. The first-order valence-corrected chi connectivity index (χ1v) is 5.01. The molecule has 1 N–H and O–H groups in total. The summed E-state index contributed by atoms with van der Waals surface area (Å²) in [5, 5.41) is 10.1. The fraction of sp³-hybridized carbons (Fsp3) is 0.583. The Balaban J connectivity index is 2.81. The summed E-state index contributed by atoms with van der Waals surface area (Å²) in [6.07, 6.45) is 3.20. The van der Waals surface area contributed by atoms with E-state index in [1.165, 1.54) is 0 Å². The third-order valence-electron chi connectivity index (χ3n) is 2.59. The minimum absolute atomic E-state index is 0.0807. The number of rotatable bonds is 2. The van der Waals surface area contributed by atoms with Crippen molar-refractivity contribution in [2.75, 3.05) is 0 Å². The van der Waals surface area contributed by atoms with Crippen molar-refractivity contribution in [2.45, 2.75) is 39.7 Å². The molecule has 1 aromatic rings. The van der Waals surface area contributed by atoms with E-state index in [2.05, 4.69) is 25.8 Å². The number of hydrogen-bond acceptors (Lipinski definition) is 2. The average molecular weight is 193 g/mol. The van der Waals surface area contributed by atoms with Crippen LogP contribution < -0.4 is 0 Å². The second kappa shape index (κ2) is 4.09. The maximum atomic E-state index is 10.1. The Bertz CT molecular complexity index is 276. The normalized spacial score (nSPS) is 16.4. The molecule has 0 aromatic carbocycles. The molecule has 0 saturated carbocycles. The fourth-order valence-corrected chi connectivity index (χ4v) is 1.60. The third-order valence-corrected chi connectivity index (χ3v) is 2.59. The minimum atomic E-state index is -0.329. The Hall–Kier alpha value is -0.890. The molecule has 0 fully saturated rings. The zero-order valence-corrected chi connectivity index (χ0v) is 9.36. The summed E-state index contributed by atoms with van der Waals surface area (Å²) in [5.41, 5.74) is 1.06. The van der Waals surface area contributed by atoms with Gasteiger partial charge >= 0.3 is 0 Å². The van der Waals surface area contributed by atoms with Crippen molar-refractivity contribution in [3.63, 3.8) is 0 Å². The number of aromatic nitrogens is 1. The SMILES string of the molecule is CC(c1ccncc1)C(O)C(C)(C)C. The quantitative estimate of drug-likeness (QED) is 0.783. The molecule has 0 aliphatic heterocycles. The lowest BCUT2D eigenvalue weighted by atomic mass is 9.79. The zero-order valence-electron chi connectivity index (χ0n) is 9.36. The lowest BCUT2D eigenvalue weighted by Crippen LogP contribution is -2.31. The van der Waals surface area contributed by atoms with E-state index < -0.39 is 0 Å². The Kier molecular flexibility index (Phi) is 3.27. The van der Waals surface area contributed by atoms with Crippen LogP contribution in [0.25, 0.3) is 0 Å². The van der Waals surface area contributed by atoms with Crippen LogP contribution in [-0.2, 0) is 0 Å². The molecule has 2 atom stereocenters. The van der Waals surface area contributed by atoms with Crippen LogP contribution >= 0.6 is 0 Å². The standard InChI is InChI=1S/C12H19NO/c1-9(11(14)12(2,3)4)10-5-7-13-8-6-10/h5-9,11,14H,1-4H3. The van der Waals surface area contributed by atoms with Gasteiger partial charge < -0.3 is 5.11 Å². The van der Waals surface area contributed by atoms with Crippen molar-refractivity contribution < 1.29 is 5.11 Å². The van der Waals surface area contributed by atoms with Gasteiger partial charge in [-0.25, -0.2) is 0 Å². The van der Waals surface area contributed by atoms with E-state index in [1.807, 2.05) is 19.1 Å². The van der Waals surface area contributed by atoms with E-state index in [1.54, 1.807) is 12.4 Å². The van der Waals surface area contributed by atoms with E-state index in [-0.39, 0.29) is 17.4 Å². The Morgan fingerprint density at radius 3 is 2.14 bits per heavy atom. The topological polar surface area (TPSA) is 33.1 Å². The summed E-state index contributed by atoms with van der Waals surface area (Å²) in [5.74, 6) is 0.151. The molecule has 78 valence electrons. The van der Waals surface area contributed by atoms with Crippen LogP contribution in [0.2, 0.25) is 0 Å². The molecule has 0 aliphatic rings. The summed E-state index contributed by atoms with van der Waals surface area (Å²) in [7, 11) is 0. The molecule has 2 unspecified atom stereocenters. The van der Waals surface area contributed by atoms with E-state index in [0.717, 1.165) is 5.56 Å². The van der Waals surface area contributed by atoms with Crippen molar-refractivity contribution in [3.05, 3.63) is 30.1 Å². The minimum Gasteiger partial charge on any atom is -0.392 e. The van der Waals surface area contributed by atoms with Crippen LogP contribution in [-0.4, -0.2) is 16.2 Å². The van der Waals surface area contributed by atoms with Crippen LogP contribution in [0.3, 0.4) is 0 Å². The molecule has 14 heavy (non-hydrogen) atoms. The van der Waals surface area contributed by atoms with Crippen molar-refractivity contribution in [3.8, 4) is 0 Å². The molecule has 1 aromatic heterocycles. The second-order valence-electron chi connectivity index (χ2n) is 4.88. The second-order valence-corrected chi connectivity index (χ2v) is 4.88. The first-order valence-electron chi connectivity index (χ1n) is 5.01. The first-order chi connectivity index (χ1) is 6.43. The lowest BCUT2D eigenvalue weighted by molar-refractivity contribution is 0.0434. The third kappa shape index (κ3) is 2.55. The van der Waals surface area contributed by atoms with Gasteiger partial charge in [-0.15, -0.1) is 0 Å². The van der Waals surface area contributed by atoms with Gasteiger partial charge in [-0.05, 0) is 23.1 Å². The highest BCUT2D eigenvalue weighted by Gasteiger charge is 2.28. The molecule has 1 rings (SSSR count). The van der Waals surface area contributed by atoms with E-state index in [4.69, 9.17) is 0 Å². The van der Waals surface area contributed by atoms with Gasteiger partial charge in [0.1, 0.15) is 0 Å². The van der Waals surface area contributed by atoms with Crippen LogP contribution in [0.5, 0.6) is 0 Å². The van der Waals surface area contributed by atoms with Crippen LogP contribution in [0.15, 0.2) is 24.5 Å². The van der Waals surface area contributed by atoms with Gasteiger partial charge in [0.15, 0.2) is 0 Å². The molecule has 2 heteroatoms.